The number of nitrogens with zero attached hydrogens (tertiary/aromatic N) is 4. The summed E-state index contributed by atoms with van der Waals surface area (Å²) in [6.45, 7) is 0. The van der Waals surface area contributed by atoms with Crippen molar-refractivity contribution in [2.75, 3.05) is 0 Å². The molecule has 0 aliphatic heterocycles. The number of rotatable bonds is 5. The van der Waals surface area contributed by atoms with Crippen LogP contribution in [-0.2, 0) is 0 Å². The predicted molar refractivity (Wildman–Crippen MR) is 203 cm³/mol. The highest BCUT2D eigenvalue weighted by atomic mass is 16.3. The number of pyridine rings is 1. The summed E-state index contributed by atoms with van der Waals surface area (Å²) >= 11 is 0. The monoisotopic (exact) mass is 640 g/mol. The number of aromatic nitrogens is 4. The molecule has 4 aromatic heterocycles. The van der Waals surface area contributed by atoms with Crippen LogP contribution < -0.4 is 0 Å². The fraction of sp³-hybridized carbons (Fsp3) is 0. The van der Waals surface area contributed by atoms with Gasteiger partial charge in [0.15, 0.2) is 5.82 Å². The molecular weight excluding hydrogens is 613 g/mol. The first-order chi connectivity index (χ1) is 24.8. The quantitative estimate of drug-likeness (QED) is 0.188. The minimum atomic E-state index is 0.649. The molecule has 0 radical (unpaired) electrons. The van der Waals surface area contributed by atoms with E-state index in [-0.39, 0.29) is 0 Å². The second kappa shape index (κ2) is 11.4. The molecule has 0 aliphatic carbocycles. The van der Waals surface area contributed by atoms with Gasteiger partial charge in [0, 0.05) is 61.9 Å². The number of benzene rings is 6. The first-order valence-corrected chi connectivity index (χ1v) is 16.7. The van der Waals surface area contributed by atoms with Crippen LogP contribution in [0.15, 0.2) is 175 Å². The van der Waals surface area contributed by atoms with Crippen molar-refractivity contribution in [3.63, 3.8) is 0 Å². The van der Waals surface area contributed by atoms with Crippen LogP contribution in [0.2, 0.25) is 0 Å². The molecule has 5 heteroatoms. The first kappa shape index (κ1) is 28.2. The molecule has 0 bridgehead atoms. The van der Waals surface area contributed by atoms with E-state index in [2.05, 4.69) is 125 Å². The van der Waals surface area contributed by atoms with Gasteiger partial charge < -0.3 is 8.98 Å². The summed E-state index contributed by atoms with van der Waals surface area (Å²) in [6.07, 6.45) is 3.72. The van der Waals surface area contributed by atoms with Gasteiger partial charge in [0.1, 0.15) is 11.2 Å². The molecule has 10 rings (SSSR count). The Morgan fingerprint density at radius 1 is 0.460 bits per heavy atom. The minimum Gasteiger partial charge on any atom is -0.455 e. The minimum absolute atomic E-state index is 0.649. The van der Waals surface area contributed by atoms with Crippen molar-refractivity contribution in [3.8, 4) is 50.7 Å². The number of hydrogen-bond acceptors (Lipinski definition) is 4. The number of furan rings is 1. The summed E-state index contributed by atoms with van der Waals surface area (Å²) in [4.78, 5) is 14.9. The summed E-state index contributed by atoms with van der Waals surface area (Å²) in [6, 6.07) is 54.7. The van der Waals surface area contributed by atoms with E-state index in [1.807, 2.05) is 54.9 Å². The molecule has 0 aliphatic rings. The van der Waals surface area contributed by atoms with Gasteiger partial charge in [0.2, 0.25) is 0 Å². The van der Waals surface area contributed by atoms with Crippen molar-refractivity contribution >= 4 is 43.7 Å². The molecule has 0 saturated heterocycles. The van der Waals surface area contributed by atoms with Gasteiger partial charge in [-0.15, -0.1) is 0 Å². The molecular formula is C45H28N4O. The van der Waals surface area contributed by atoms with Crippen LogP contribution in [0.5, 0.6) is 0 Å². The van der Waals surface area contributed by atoms with Crippen LogP contribution in [0.4, 0.5) is 0 Å². The smallest absolute Gasteiger partial charge is 0.160 e. The van der Waals surface area contributed by atoms with E-state index < -0.39 is 0 Å². The molecule has 234 valence electrons. The average molecular weight is 641 g/mol. The van der Waals surface area contributed by atoms with E-state index in [0.29, 0.717) is 5.82 Å². The molecule has 0 amide bonds. The van der Waals surface area contributed by atoms with Gasteiger partial charge in [0.05, 0.1) is 22.4 Å². The Balaban J connectivity index is 1.26. The Morgan fingerprint density at radius 3 is 1.90 bits per heavy atom. The molecule has 5 nitrogen and oxygen atoms in total. The van der Waals surface area contributed by atoms with Crippen LogP contribution in [0.1, 0.15) is 0 Å². The van der Waals surface area contributed by atoms with E-state index in [1.54, 1.807) is 0 Å². The Kier molecular flexibility index (Phi) is 6.42. The van der Waals surface area contributed by atoms with E-state index in [4.69, 9.17) is 14.4 Å². The Hall–Kier alpha value is -6.85. The molecule has 0 saturated carbocycles. The summed E-state index contributed by atoms with van der Waals surface area (Å²) in [5.41, 5.74) is 11.5. The van der Waals surface area contributed by atoms with Gasteiger partial charge in [-0.2, -0.15) is 0 Å². The molecule has 0 spiro atoms. The highest BCUT2D eigenvalue weighted by Gasteiger charge is 2.19. The van der Waals surface area contributed by atoms with Gasteiger partial charge in [-0.05, 0) is 60.2 Å². The third-order valence-corrected chi connectivity index (χ3v) is 9.49. The largest absolute Gasteiger partial charge is 0.455 e. The van der Waals surface area contributed by atoms with Crippen molar-refractivity contribution in [1.29, 1.82) is 0 Å². The third kappa shape index (κ3) is 4.60. The lowest BCUT2D eigenvalue weighted by molar-refractivity contribution is 0.670. The van der Waals surface area contributed by atoms with Gasteiger partial charge in [-0.25, -0.2) is 9.97 Å². The number of hydrogen-bond donors (Lipinski definition) is 0. The van der Waals surface area contributed by atoms with Gasteiger partial charge in [-0.1, -0.05) is 103 Å². The molecule has 0 unspecified atom stereocenters. The molecule has 10 aromatic rings. The van der Waals surface area contributed by atoms with Gasteiger partial charge in [-0.3, -0.25) is 4.98 Å². The highest BCUT2D eigenvalue weighted by molar-refractivity contribution is 6.10. The maximum absolute atomic E-state index is 6.49. The van der Waals surface area contributed by atoms with Gasteiger partial charge >= 0.3 is 0 Å². The highest BCUT2D eigenvalue weighted by Crippen LogP contribution is 2.39. The Morgan fingerprint density at radius 2 is 1.12 bits per heavy atom. The fourth-order valence-corrected chi connectivity index (χ4v) is 7.19. The lowest BCUT2D eigenvalue weighted by Gasteiger charge is -2.15. The SMILES string of the molecule is c1ccc(-c2nc(-c3cc(-c4cccnc4)cc(-n4c5ccccc5c5ccccc54)c3)cc(-c3cccc4c3oc3ccccc34)n2)cc1. The summed E-state index contributed by atoms with van der Waals surface area (Å²) in [5, 5.41) is 4.57. The standard InChI is InChI=1S/C45H28N4O/c1-2-12-29(13-3-1)45-47-39(27-40(48-45)38-19-10-18-37-36-17-6-9-22-43(36)50-44(37)38)32-24-31(30-14-11-23-46-28-30)25-33(26-32)49-41-20-7-4-15-34(41)35-16-5-8-21-42(35)49/h1-28H. The maximum Gasteiger partial charge on any atom is 0.160 e. The number of para-hydroxylation sites is 4. The van der Waals surface area contributed by atoms with Crippen LogP contribution in [0, 0.1) is 0 Å². The van der Waals surface area contributed by atoms with Crippen molar-refractivity contribution in [2.24, 2.45) is 0 Å². The normalized spacial score (nSPS) is 11.6. The fourth-order valence-electron chi connectivity index (χ4n) is 7.19. The zero-order valence-electron chi connectivity index (χ0n) is 26.9. The zero-order chi connectivity index (χ0) is 33.0. The zero-order valence-corrected chi connectivity index (χ0v) is 26.9. The second-order valence-electron chi connectivity index (χ2n) is 12.5. The molecule has 0 fully saturated rings. The molecule has 0 N–H and O–H groups in total. The van der Waals surface area contributed by atoms with E-state index in [0.717, 1.165) is 77.9 Å². The van der Waals surface area contributed by atoms with Gasteiger partial charge in [0.25, 0.3) is 0 Å². The summed E-state index contributed by atoms with van der Waals surface area (Å²) in [7, 11) is 0. The maximum atomic E-state index is 6.49. The molecule has 4 heterocycles. The Labute approximate surface area is 287 Å². The lowest BCUT2D eigenvalue weighted by Crippen LogP contribution is -1.99. The van der Waals surface area contributed by atoms with Crippen LogP contribution >= 0.6 is 0 Å². The molecule has 0 atom stereocenters. The topological polar surface area (TPSA) is 56.7 Å². The summed E-state index contributed by atoms with van der Waals surface area (Å²) in [5.74, 6) is 0.649. The second-order valence-corrected chi connectivity index (χ2v) is 12.5. The van der Waals surface area contributed by atoms with E-state index in [1.165, 1.54) is 10.8 Å². The lowest BCUT2D eigenvalue weighted by atomic mass is 9.99. The Bertz CT molecular complexity index is 2820. The van der Waals surface area contributed by atoms with Crippen LogP contribution in [0.25, 0.3) is 94.5 Å². The van der Waals surface area contributed by atoms with Crippen molar-refractivity contribution < 1.29 is 4.42 Å². The van der Waals surface area contributed by atoms with Crippen LogP contribution in [-0.4, -0.2) is 19.5 Å². The average Bonchev–Trinajstić information content (AvgIpc) is 3.74. The van der Waals surface area contributed by atoms with Crippen molar-refractivity contribution in [3.05, 3.63) is 170 Å². The molecule has 50 heavy (non-hydrogen) atoms. The third-order valence-electron chi connectivity index (χ3n) is 9.49. The van der Waals surface area contributed by atoms with Crippen LogP contribution in [0.3, 0.4) is 0 Å². The number of fused-ring (bicyclic) bond motifs is 6. The van der Waals surface area contributed by atoms with E-state index >= 15 is 0 Å². The molecule has 6 aromatic carbocycles. The predicted octanol–water partition coefficient (Wildman–Crippen LogP) is 11.5. The summed E-state index contributed by atoms with van der Waals surface area (Å²) < 4.78 is 8.84. The van der Waals surface area contributed by atoms with Crippen molar-refractivity contribution in [1.82, 2.24) is 19.5 Å². The van der Waals surface area contributed by atoms with Crippen molar-refractivity contribution in [2.45, 2.75) is 0 Å². The van der Waals surface area contributed by atoms with E-state index in [9.17, 15) is 0 Å². The first-order valence-electron chi connectivity index (χ1n) is 16.7.